The summed E-state index contributed by atoms with van der Waals surface area (Å²) in [5.41, 5.74) is 2.01. The molecule has 0 N–H and O–H groups in total. The summed E-state index contributed by atoms with van der Waals surface area (Å²) < 4.78 is 0.587. The first-order chi connectivity index (χ1) is 10.6. The van der Waals surface area contributed by atoms with E-state index in [-0.39, 0.29) is 5.91 Å². The van der Waals surface area contributed by atoms with Crippen LogP contribution in [-0.4, -0.2) is 16.5 Å². The van der Waals surface area contributed by atoms with Gasteiger partial charge in [0.25, 0.3) is 5.91 Å². The molecule has 1 aromatic heterocycles. The molecule has 1 aliphatic heterocycles. The van der Waals surface area contributed by atoms with E-state index >= 15 is 0 Å². The van der Waals surface area contributed by atoms with Crippen LogP contribution in [0.15, 0.2) is 45.5 Å². The van der Waals surface area contributed by atoms with Gasteiger partial charge in [0.1, 0.15) is 0 Å². The molecule has 0 bridgehead atoms. The maximum Gasteiger partial charge on any atom is 0.270 e. The normalized spacial score (nSPS) is 16.8. The fourth-order valence-electron chi connectivity index (χ4n) is 2.09. The van der Waals surface area contributed by atoms with E-state index in [1.807, 2.05) is 48.9 Å². The van der Waals surface area contributed by atoms with Gasteiger partial charge in [0.15, 0.2) is 4.32 Å². The fraction of sp³-hybridized carbons (Fsp3) is 0.125. The lowest BCUT2D eigenvalue weighted by molar-refractivity contribution is -0.113. The van der Waals surface area contributed by atoms with Crippen LogP contribution in [0.3, 0.4) is 0 Å². The van der Waals surface area contributed by atoms with Gasteiger partial charge in [-0.2, -0.15) is 0 Å². The molecule has 1 fully saturated rings. The van der Waals surface area contributed by atoms with Gasteiger partial charge < -0.3 is 0 Å². The largest absolute Gasteiger partial charge is 0.270 e. The predicted octanol–water partition coefficient (Wildman–Crippen LogP) is 5.18. The average molecular weight is 364 g/mol. The lowest BCUT2D eigenvalue weighted by atomic mass is 10.2. The minimum absolute atomic E-state index is 0.0407. The molecule has 0 saturated carbocycles. The van der Waals surface area contributed by atoms with Crippen molar-refractivity contribution >= 4 is 69.1 Å². The van der Waals surface area contributed by atoms with Gasteiger partial charge in [0.2, 0.25) is 0 Å². The Morgan fingerprint density at radius 3 is 2.82 bits per heavy atom. The van der Waals surface area contributed by atoms with Crippen LogP contribution in [0.1, 0.15) is 10.4 Å². The third-order valence-corrected chi connectivity index (χ3v) is 6.26. The lowest BCUT2D eigenvalue weighted by Crippen LogP contribution is -2.27. The molecule has 1 amide bonds. The van der Waals surface area contributed by atoms with Gasteiger partial charge in [-0.05, 0) is 54.5 Å². The highest BCUT2D eigenvalue weighted by molar-refractivity contribution is 8.27. The first-order valence-electron chi connectivity index (χ1n) is 6.56. The van der Waals surface area contributed by atoms with E-state index in [0.717, 1.165) is 15.5 Å². The molecule has 0 spiro atoms. The Morgan fingerprint density at radius 2 is 2.14 bits per heavy atom. The van der Waals surface area contributed by atoms with Crippen molar-refractivity contribution in [3.63, 3.8) is 0 Å². The number of thiophene rings is 1. The second-order valence-electron chi connectivity index (χ2n) is 4.69. The SMILES string of the molecule is CSc1cccc(N2C(=O)/C(=C\c3sccc3C)SC2=S)c1. The van der Waals surface area contributed by atoms with Gasteiger partial charge >= 0.3 is 0 Å². The molecule has 2 nitrogen and oxygen atoms in total. The van der Waals surface area contributed by atoms with Crippen LogP contribution in [0, 0.1) is 6.92 Å². The molecular formula is C16H13NOS4. The Balaban J connectivity index is 1.95. The van der Waals surface area contributed by atoms with Crippen molar-refractivity contribution in [2.75, 3.05) is 11.2 Å². The van der Waals surface area contributed by atoms with Crippen LogP contribution in [-0.2, 0) is 4.79 Å². The van der Waals surface area contributed by atoms with Gasteiger partial charge in [0, 0.05) is 9.77 Å². The molecule has 0 aliphatic carbocycles. The van der Waals surface area contributed by atoms with E-state index < -0.39 is 0 Å². The van der Waals surface area contributed by atoms with E-state index in [1.54, 1.807) is 28.0 Å². The highest BCUT2D eigenvalue weighted by Gasteiger charge is 2.33. The van der Waals surface area contributed by atoms with Crippen LogP contribution in [0.2, 0.25) is 0 Å². The lowest BCUT2D eigenvalue weighted by Gasteiger charge is -2.15. The summed E-state index contributed by atoms with van der Waals surface area (Å²) in [5, 5.41) is 2.03. The first-order valence-corrected chi connectivity index (χ1v) is 9.89. The third kappa shape index (κ3) is 3.01. The number of thioether (sulfide) groups is 2. The molecule has 0 unspecified atom stereocenters. The van der Waals surface area contributed by atoms with Crippen LogP contribution < -0.4 is 4.90 Å². The summed E-state index contributed by atoms with van der Waals surface area (Å²) in [4.78, 5) is 17.2. The Hall–Kier alpha value is -1.08. The van der Waals surface area contributed by atoms with Gasteiger partial charge in [-0.1, -0.05) is 30.0 Å². The molecule has 0 atom stereocenters. The van der Waals surface area contributed by atoms with Gasteiger partial charge in [-0.25, -0.2) is 0 Å². The number of thiocarbonyl (C=S) groups is 1. The molecule has 6 heteroatoms. The zero-order chi connectivity index (χ0) is 15.7. The standard InChI is InChI=1S/C16H13NOS4/c1-10-6-7-21-13(10)9-14-15(18)17(16(19)22-14)11-4-3-5-12(8-11)20-2/h3-9H,1-2H3/b14-9+. The first kappa shape index (κ1) is 15.8. The number of amides is 1. The summed E-state index contributed by atoms with van der Waals surface area (Å²) in [7, 11) is 0. The number of hydrogen-bond donors (Lipinski definition) is 0. The van der Waals surface area contributed by atoms with E-state index in [4.69, 9.17) is 12.2 Å². The number of anilines is 1. The van der Waals surface area contributed by atoms with E-state index in [0.29, 0.717) is 9.23 Å². The van der Waals surface area contributed by atoms with Crippen molar-refractivity contribution in [3.05, 3.63) is 51.1 Å². The van der Waals surface area contributed by atoms with Crippen molar-refractivity contribution in [2.45, 2.75) is 11.8 Å². The number of carbonyl (C=O) groups excluding carboxylic acids is 1. The quantitative estimate of drug-likeness (QED) is 0.425. The average Bonchev–Trinajstić information content (AvgIpc) is 3.03. The summed E-state index contributed by atoms with van der Waals surface area (Å²) >= 11 is 10.1. The topological polar surface area (TPSA) is 20.3 Å². The Kier molecular flexibility index (Phi) is 4.73. The minimum atomic E-state index is -0.0407. The minimum Gasteiger partial charge on any atom is -0.268 e. The molecule has 22 heavy (non-hydrogen) atoms. The number of rotatable bonds is 3. The van der Waals surface area contributed by atoms with Gasteiger partial charge in [-0.15, -0.1) is 23.1 Å². The molecule has 1 saturated heterocycles. The monoisotopic (exact) mass is 363 g/mol. The number of nitrogens with zero attached hydrogens (tertiary/aromatic N) is 1. The van der Waals surface area contributed by atoms with E-state index in [2.05, 4.69) is 6.07 Å². The summed E-state index contributed by atoms with van der Waals surface area (Å²) in [6.07, 6.45) is 3.96. The van der Waals surface area contributed by atoms with Crippen molar-refractivity contribution in [1.82, 2.24) is 0 Å². The highest BCUT2D eigenvalue weighted by Crippen LogP contribution is 2.37. The van der Waals surface area contributed by atoms with E-state index in [9.17, 15) is 4.79 Å². The van der Waals surface area contributed by atoms with E-state index in [1.165, 1.54) is 17.3 Å². The molecule has 2 heterocycles. The smallest absolute Gasteiger partial charge is 0.268 e. The third-order valence-electron chi connectivity index (χ3n) is 3.27. The van der Waals surface area contributed by atoms with Crippen LogP contribution in [0.5, 0.6) is 0 Å². The molecule has 1 aliphatic rings. The summed E-state index contributed by atoms with van der Waals surface area (Å²) in [6, 6.07) is 9.95. The number of aryl methyl sites for hydroxylation is 1. The molecule has 1 aromatic carbocycles. The van der Waals surface area contributed by atoms with Crippen molar-refractivity contribution in [3.8, 4) is 0 Å². The maximum atomic E-state index is 12.7. The Labute approximate surface area is 147 Å². The zero-order valence-electron chi connectivity index (χ0n) is 12.0. The van der Waals surface area contributed by atoms with Gasteiger partial charge in [-0.3, -0.25) is 9.69 Å². The van der Waals surface area contributed by atoms with Gasteiger partial charge in [0.05, 0.1) is 10.6 Å². The highest BCUT2D eigenvalue weighted by atomic mass is 32.2. The van der Waals surface area contributed by atoms with Crippen molar-refractivity contribution in [2.24, 2.45) is 0 Å². The zero-order valence-corrected chi connectivity index (χ0v) is 15.3. The second-order valence-corrected chi connectivity index (χ2v) is 8.19. The number of hydrogen-bond acceptors (Lipinski definition) is 5. The van der Waals surface area contributed by atoms with Crippen LogP contribution in [0.4, 0.5) is 5.69 Å². The summed E-state index contributed by atoms with van der Waals surface area (Å²) in [5.74, 6) is -0.0407. The molecule has 0 radical (unpaired) electrons. The van der Waals surface area contributed by atoms with Crippen molar-refractivity contribution in [1.29, 1.82) is 0 Å². The van der Waals surface area contributed by atoms with Crippen LogP contribution >= 0.6 is 47.1 Å². The predicted molar refractivity (Wildman–Crippen MR) is 103 cm³/mol. The molecule has 112 valence electrons. The van der Waals surface area contributed by atoms with Crippen LogP contribution in [0.25, 0.3) is 6.08 Å². The van der Waals surface area contributed by atoms with Crippen molar-refractivity contribution < 1.29 is 4.79 Å². The Morgan fingerprint density at radius 1 is 1.32 bits per heavy atom. The molecule has 2 aromatic rings. The maximum absolute atomic E-state index is 12.7. The summed E-state index contributed by atoms with van der Waals surface area (Å²) in [6.45, 7) is 2.05. The molecule has 3 rings (SSSR count). The number of benzene rings is 1. The number of carbonyl (C=O) groups is 1. The molecular weight excluding hydrogens is 350 g/mol. The second kappa shape index (κ2) is 6.58. The fourth-order valence-corrected chi connectivity index (χ4v) is 4.76. The Bertz CT molecular complexity index is 778.